The Morgan fingerprint density at radius 1 is 1.06 bits per heavy atom. The molecule has 18 heavy (non-hydrogen) atoms. The SMILES string of the molecule is CC.CC.Cc1cc(=O)n(Cc2ccccc2)[nH]1. The van der Waals surface area contributed by atoms with E-state index in [9.17, 15) is 4.79 Å². The van der Waals surface area contributed by atoms with Crippen molar-refractivity contribution in [2.24, 2.45) is 0 Å². The van der Waals surface area contributed by atoms with Crippen LogP contribution < -0.4 is 5.56 Å². The number of aryl methyl sites for hydroxylation is 1. The summed E-state index contributed by atoms with van der Waals surface area (Å²) in [5.41, 5.74) is 2.04. The first-order chi connectivity index (χ1) is 8.75. The summed E-state index contributed by atoms with van der Waals surface area (Å²) in [5, 5.41) is 3.00. The van der Waals surface area contributed by atoms with Gasteiger partial charge in [0.1, 0.15) is 0 Å². The molecule has 0 aliphatic heterocycles. The van der Waals surface area contributed by atoms with Crippen molar-refractivity contribution < 1.29 is 0 Å². The van der Waals surface area contributed by atoms with Gasteiger partial charge in [0.2, 0.25) is 0 Å². The number of H-pyrrole nitrogens is 1. The summed E-state index contributed by atoms with van der Waals surface area (Å²) in [5.74, 6) is 0. The van der Waals surface area contributed by atoms with Gasteiger partial charge in [0.05, 0.1) is 6.54 Å². The third-order valence-corrected chi connectivity index (χ3v) is 2.10. The molecule has 2 rings (SSSR count). The van der Waals surface area contributed by atoms with Crippen LogP contribution in [0.5, 0.6) is 0 Å². The average molecular weight is 248 g/mol. The quantitative estimate of drug-likeness (QED) is 0.866. The molecule has 0 amide bonds. The van der Waals surface area contributed by atoms with Crippen LogP contribution in [0.3, 0.4) is 0 Å². The summed E-state index contributed by atoms with van der Waals surface area (Å²) in [4.78, 5) is 11.4. The van der Waals surface area contributed by atoms with Crippen molar-refractivity contribution in [1.82, 2.24) is 9.78 Å². The summed E-state index contributed by atoms with van der Waals surface area (Å²) in [6, 6.07) is 11.5. The Bertz CT molecular complexity index is 469. The van der Waals surface area contributed by atoms with E-state index in [4.69, 9.17) is 0 Å². The molecule has 0 saturated heterocycles. The van der Waals surface area contributed by atoms with Gasteiger partial charge in [0.15, 0.2) is 0 Å². The first-order valence-corrected chi connectivity index (χ1v) is 6.56. The van der Waals surface area contributed by atoms with Gasteiger partial charge in [0, 0.05) is 11.8 Å². The second-order valence-electron chi connectivity index (χ2n) is 3.35. The van der Waals surface area contributed by atoms with E-state index >= 15 is 0 Å². The lowest BCUT2D eigenvalue weighted by atomic mass is 10.2. The van der Waals surface area contributed by atoms with Crippen LogP contribution in [0.25, 0.3) is 0 Å². The maximum absolute atomic E-state index is 11.4. The fraction of sp³-hybridized carbons (Fsp3) is 0.400. The van der Waals surface area contributed by atoms with Crippen molar-refractivity contribution in [1.29, 1.82) is 0 Å². The molecule has 1 aromatic heterocycles. The molecule has 0 aliphatic rings. The van der Waals surface area contributed by atoms with E-state index in [0.29, 0.717) is 6.54 Å². The summed E-state index contributed by atoms with van der Waals surface area (Å²) >= 11 is 0. The Labute approximate surface area is 109 Å². The third kappa shape index (κ3) is 5.04. The van der Waals surface area contributed by atoms with Crippen LogP contribution in [0.2, 0.25) is 0 Å². The Hall–Kier alpha value is -1.77. The summed E-state index contributed by atoms with van der Waals surface area (Å²) in [6.07, 6.45) is 0. The molecule has 0 bridgehead atoms. The molecule has 0 unspecified atom stereocenters. The van der Waals surface area contributed by atoms with Gasteiger partial charge in [-0.3, -0.25) is 9.89 Å². The van der Waals surface area contributed by atoms with Crippen molar-refractivity contribution in [2.75, 3.05) is 0 Å². The lowest BCUT2D eigenvalue weighted by molar-refractivity contribution is 0.657. The minimum atomic E-state index is 0.0198. The molecule has 1 heterocycles. The highest BCUT2D eigenvalue weighted by atomic mass is 16.1. The van der Waals surface area contributed by atoms with Crippen molar-refractivity contribution in [3.8, 4) is 0 Å². The number of aromatic amines is 1. The number of hydrogen-bond acceptors (Lipinski definition) is 1. The molecular formula is C15H24N2O. The lowest BCUT2D eigenvalue weighted by Gasteiger charge is -2.01. The fourth-order valence-electron chi connectivity index (χ4n) is 1.45. The fourth-order valence-corrected chi connectivity index (χ4v) is 1.45. The number of hydrogen-bond donors (Lipinski definition) is 1. The second-order valence-corrected chi connectivity index (χ2v) is 3.35. The average Bonchev–Trinajstić information content (AvgIpc) is 2.74. The number of nitrogens with zero attached hydrogens (tertiary/aromatic N) is 1. The first-order valence-electron chi connectivity index (χ1n) is 6.56. The Morgan fingerprint density at radius 3 is 2.06 bits per heavy atom. The molecule has 3 nitrogen and oxygen atoms in total. The minimum absolute atomic E-state index is 0.0198. The molecule has 0 atom stereocenters. The molecule has 0 fully saturated rings. The lowest BCUT2D eigenvalue weighted by Crippen LogP contribution is -2.16. The topological polar surface area (TPSA) is 37.8 Å². The summed E-state index contributed by atoms with van der Waals surface area (Å²) in [6.45, 7) is 10.5. The van der Waals surface area contributed by atoms with Crippen molar-refractivity contribution in [3.05, 3.63) is 58.0 Å². The largest absolute Gasteiger partial charge is 0.300 e. The number of rotatable bonds is 2. The highest BCUT2D eigenvalue weighted by Gasteiger charge is 1.99. The summed E-state index contributed by atoms with van der Waals surface area (Å²) < 4.78 is 1.60. The van der Waals surface area contributed by atoms with Gasteiger partial charge in [-0.2, -0.15) is 0 Å². The molecule has 2 aromatic rings. The number of nitrogens with one attached hydrogen (secondary N) is 1. The van der Waals surface area contributed by atoms with Crippen LogP contribution in [0.1, 0.15) is 39.0 Å². The van der Waals surface area contributed by atoms with Gasteiger partial charge < -0.3 is 0 Å². The van der Waals surface area contributed by atoms with Crippen LogP contribution in [0.15, 0.2) is 41.2 Å². The van der Waals surface area contributed by atoms with Crippen LogP contribution in [0, 0.1) is 6.92 Å². The monoisotopic (exact) mass is 248 g/mol. The molecule has 0 aliphatic carbocycles. The Morgan fingerprint density at radius 2 is 1.61 bits per heavy atom. The highest BCUT2D eigenvalue weighted by Crippen LogP contribution is 1.99. The van der Waals surface area contributed by atoms with Crippen LogP contribution >= 0.6 is 0 Å². The smallest absolute Gasteiger partial charge is 0.267 e. The zero-order valence-electron chi connectivity index (χ0n) is 12.0. The molecule has 100 valence electrons. The molecule has 3 heteroatoms. The van der Waals surface area contributed by atoms with E-state index in [-0.39, 0.29) is 5.56 Å². The molecule has 1 aromatic carbocycles. The summed E-state index contributed by atoms with van der Waals surface area (Å²) in [7, 11) is 0. The second kappa shape index (κ2) is 9.28. The predicted molar refractivity (Wildman–Crippen MR) is 78.0 cm³/mol. The van der Waals surface area contributed by atoms with Crippen LogP contribution in [-0.2, 0) is 6.54 Å². The zero-order chi connectivity index (χ0) is 14.0. The number of aromatic nitrogens is 2. The first kappa shape index (κ1) is 16.2. The standard InChI is InChI=1S/C11H12N2O.2C2H6/c1-9-7-11(14)13(12-9)8-10-5-3-2-4-6-10;2*1-2/h2-7,12H,8H2,1H3;2*1-2H3. The van der Waals surface area contributed by atoms with E-state index in [2.05, 4.69) is 5.10 Å². The van der Waals surface area contributed by atoms with E-state index < -0.39 is 0 Å². The molecule has 1 N–H and O–H groups in total. The maximum Gasteiger partial charge on any atom is 0.267 e. The van der Waals surface area contributed by atoms with Gasteiger partial charge in [0.25, 0.3) is 5.56 Å². The Balaban J connectivity index is 0.000000659. The molecule has 0 spiro atoms. The van der Waals surface area contributed by atoms with Crippen LogP contribution in [0.4, 0.5) is 0 Å². The molecule has 0 saturated carbocycles. The van der Waals surface area contributed by atoms with E-state index in [1.165, 1.54) is 0 Å². The van der Waals surface area contributed by atoms with Gasteiger partial charge in [-0.1, -0.05) is 58.0 Å². The molecular weight excluding hydrogens is 224 g/mol. The van der Waals surface area contributed by atoms with Crippen molar-refractivity contribution >= 4 is 0 Å². The zero-order valence-corrected chi connectivity index (χ0v) is 12.0. The van der Waals surface area contributed by atoms with Gasteiger partial charge >= 0.3 is 0 Å². The normalized spacial score (nSPS) is 8.72. The van der Waals surface area contributed by atoms with Gasteiger partial charge in [-0.15, -0.1) is 0 Å². The Kier molecular flexibility index (Phi) is 8.37. The van der Waals surface area contributed by atoms with E-state index in [1.807, 2.05) is 65.0 Å². The van der Waals surface area contributed by atoms with E-state index in [0.717, 1.165) is 11.3 Å². The minimum Gasteiger partial charge on any atom is -0.300 e. The molecule has 0 radical (unpaired) electrons. The van der Waals surface area contributed by atoms with Crippen molar-refractivity contribution in [2.45, 2.75) is 41.2 Å². The predicted octanol–water partition coefficient (Wildman–Crippen LogP) is 3.59. The van der Waals surface area contributed by atoms with Gasteiger partial charge in [-0.25, -0.2) is 4.68 Å². The van der Waals surface area contributed by atoms with Crippen molar-refractivity contribution in [3.63, 3.8) is 0 Å². The third-order valence-electron chi connectivity index (χ3n) is 2.10. The number of benzene rings is 1. The maximum atomic E-state index is 11.4. The van der Waals surface area contributed by atoms with Crippen LogP contribution in [-0.4, -0.2) is 9.78 Å². The van der Waals surface area contributed by atoms with E-state index in [1.54, 1.807) is 10.7 Å². The van der Waals surface area contributed by atoms with Gasteiger partial charge in [-0.05, 0) is 12.5 Å². The highest BCUT2D eigenvalue weighted by molar-refractivity contribution is 5.15.